The molecule has 22 heavy (non-hydrogen) atoms. The minimum atomic E-state index is -0.430. The molecular formula is C16H19N3O3. The highest BCUT2D eigenvalue weighted by Crippen LogP contribution is 2.22. The van der Waals surface area contributed by atoms with Gasteiger partial charge in [-0.3, -0.25) is 0 Å². The standard InChI is InChI=1S/C16H19N3O3/c1-11-10-22-15(17-11)12-4-2-5-13(8-12)18-16(21)19-7-3-6-14(20)9-19/h2,4-5,8,10,14,20H,3,6-7,9H2,1H3,(H,18,21). The fourth-order valence-electron chi connectivity index (χ4n) is 2.56. The van der Waals surface area contributed by atoms with E-state index in [1.807, 2.05) is 31.2 Å². The maximum atomic E-state index is 12.2. The van der Waals surface area contributed by atoms with Crippen molar-refractivity contribution < 1.29 is 14.3 Å². The van der Waals surface area contributed by atoms with E-state index in [1.54, 1.807) is 11.2 Å². The van der Waals surface area contributed by atoms with Crippen LogP contribution in [0.25, 0.3) is 11.5 Å². The van der Waals surface area contributed by atoms with Crippen molar-refractivity contribution in [1.82, 2.24) is 9.88 Å². The minimum Gasteiger partial charge on any atom is -0.444 e. The molecule has 116 valence electrons. The summed E-state index contributed by atoms with van der Waals surface area (Å²) in [6.07, 6.45) is 2.74. The number of hydrogen-bond donors (Lipinski definition) is 2. The molecule has 1 fully saturated rings. The van der Waals surface area contributed by atoms with Crippen LogP contribution in [0.5, 0.6) is 0 Å². The third-order valence-electron chi connectivity index (χ3n) is 3.66. The Hall–Kier alpha value is -2.34. The Morgan fingerprint density at radius 3 is 3.09 bits per heavy atom. The van der Waals surface area contributed by atoms with Crippen LogP contribution in [0, 0.1) is 6.92 Å². The summed E-state index contributed by atoms with van der Waals surface area (Å²) in [5, 5.41) is 12.5. The van der Waals surface area contributed by atoms with Gasteiger partial charge in [0.1, 0.15) is 6.26 Å². The number of aryl methyl sites for hydroxylation is 1. The smallest absolute Gasteiger partial charge is 0.321 e. The number of piperidine rings is 1. The van der Waals surface area contributed by atoms with E-state index in [9.17, 15) is 9.90 Å². The van der Waals surface area contributed by atoms with Gasteiger partial charge in [0.15, 0.2) is 0 Å². The van der Waals surface area contributed by atoms with Gasteiger partial charge in [0.2, 0.25) is 5.89 Å². The van der Waals surface area contributed by atoms with Crippen LogP contribution < -0.4 is 5.32 Å². The summed E-state index contributed by atoms with van der Waals surface area (Å²) < 4.78 is 5.37. The zero-order chi connectivity index (χ0) is 15.5. The highest BCUT2D eigenvalue weighted by atomic mass is 16.3. The van der Waals surface area contributed by atoms with Crippen LogP contribution in [-0.4, -0.2) is 40.2 Å². The van der Waals surface area contributed by atoms with Gasteiger partial charge in [0.05, 0.1) is 11.8 Å². The molecule has 3 rings (SSSR count). The van der Waals surface area contributed by atoms with Crippen LogP contribution in [-0.2, 0) is 0 Å². The number of aliphatic hydroxyl groups excluding tert-OH is 1. The van der Waals surface area contributed by atoms with Gasteiger partial charge in [-0.25, -0.2) is 9.78 Å². The quantitative estimate of drug-likeness (QED) is 0.893. The monoisotopic (exact) mass is 301 g/mol. The molecule has 6 nitrogen and oxygen atoms in total. The van der Waals surface area contributed by atoms with Gasteiger partial charge < -0.3 is 19.7 Å². The zero-order valence-corrected chi connectivity index (χ0v) is 12.5. The molecule has 1 unspecified atom stereocenters. The van der Waals surface area contributed by atoms with Crippen molar-refractivity contribution >= 4 is 11.7 Å². The van der Waals surface area contributed by atoms with Crippen molar-refractivity contribution in [2.45, 2.75) is 25.9 Å². The third-order valence-corrected chi connectivity index (χ3v) is 3.66. The number of anilines is 1. The second kappa shape index (κ2) is 6.19. The fraction of sp³-hybridized carbons (Fsp3) is 0.375. The number of amides is 2. The highest BCUT2D eigenvalue weighted by molar-refractivity contribution is 5.90. The molecule has 1 saturated heterocycles. The minimum absolute atomic E-state index is 0.195. The summed E-state index contributed by atoms with van der Waals surface area (Å²) >= 11 is 0. The zero-order valence-electron chi connectivity index (χ0n) is 12.5. The predicted octanol–water partition coefficient (Wildman–Crippen LogP) is 2.64. The van der Waals surface area contributed by atoms with Gasteiger partial charge in [0, 0.05) is 24.3 Å². The molecule has 2 heterocycles. The highest BCUT2D eigenvalue weighted by Gasteiger charge is 2.22. The van der Waals surface area contributed by atoms with Gasteiger partial charge in [-0.1, -0.05) is 6.07 Å². The number of likely N-dealkylation sites (tertiary alicyclic amines) is 1. The van der Waals surface area contributed by atoms with Crippen molar-refractivity contribution in [1.29, 1.82) is 0 Å². The Kier molecular flexibility index (Phi) is 4.11. The molecule has 6 heteroatoms. The molecular weight excluding hydrogens is 282 g/mol. The normalized spacial score (nSPS) is 18.3. The summed E-state index contributed by atoms with van der Waals surface area (Å²) in [6, 6.07) is 7.17. The van der Waals surface area contributed by atoms with E-state index in [1.165, 1.54) is 0 Å². The number of carbonyl (C=O) groups excluding carboxylic acids is 1. The largest absolute Gasteiger partial charge is 0.444 e. The summed E-state index contributed by atoms with van der Waals surface area (Å²) in [5.74, 6) is 0.530. The molecule has 1 aliphatic rings. The van der Waals surface area contributed by atoms with Crippen molar-refractivity contribution in [2.24, 2.45) is 0 Å². The molecule has 0 aliphatic carbocycles. The van der Waals surface area contributed by atoms with Gasteiger partial charge in [0.25, 0.3) is 0 Å². The Morgan fingerprint density at radius 2 is 2.36 bits per heavy atom. The van der Waals surface area contributed by atoms with Crippen molar-refractivity contribution in [3.05, 3.63) is 36.2 Å². The van der Waals surface area contributed by atoms with Gasteiger partial charge >= 0.3 is 6.03 Å². The number of urea groups is 1. The molecule has 0 radical (unpaired) electrons. The second-order valence-corrected chi connectivity index (χ2v) is 5.55. The molecule has 2 aromatic rings. The van der Waals surface area contributed by atoms with Crippen LogP contribution in [0.2, 0.25) is 0 Å². The lowest BCUT2D eigenvalue weighted by Crippen LogP contribution is -2.44. The second-order valence-electron chi connectivity index (χ2n) is 5.55. The number of oxazole rings is 1. The summed E-state index contributed by atoms with van der Waals surface area (Å²) in [6.45, 7) is 2.91. The topological polar surface area (TPSA) is 78.6 Å². The first-order valence-corrected chi connectivity index (χ1v) is 7.38. The lowest BCUT2D eigenvalue weighted by atomic mass is 10.1. The summed E-state index contributed by atoms with van der Waals surface area (Å²) in [7, 11) is 0. The number of aromatic nitrogens is 1. The van der Waals surface area contributed by atoms with E-state index >= 15 is 0 Å². The maximum absolute atomic E-state index is 12.2. The lowest BCUT2D eigenvalue weighted by Gasteiger charge is -2.30. The molecule has 1 aromatic heterocycles. The molecule has 0 saturated carbocycles. The third kappa shape index (κ3) is 3.28. The van der Waals surface area contributed by atoms with Crippen molar-refractivity contribution in [3.63, 3.8) is 0 Å². The van der Waals surface area contributed by atoms with E-state index in [-0.39, 0.29) is 6.03 Å². The number of β-amino-alcohol motifs (C(OH)–C–C–N with tert-alkyl or cyclic N) is 1. The van der Waals surface area contributed by atoms with Crippen LogP contribution in [0.4, 0.5) is 10.5 Å². The molecule has 2 amide bonds. The number of benzene rings is 1. The van der Waals surface area contributed by atoms with E-state index in [4.69, 9.17) is 4.42 Å². The molecule has 0 spiro atoms. The number of aliphatic hydroxyl groups is 1. The number of nitrogens with one attached hydrogen (secondary N) is 1. The SMILES string of the molecule is Cc1coc(-c2cccc(NC(=O)N3CCCC(O)C3)c2)n1. The number of carbonyl (C=O) groups is 1. The maximum Gasteiger partial charge on any atom is 0.321 e. The fourth-order valence-corrected chi connectivity index (χ4v) is 2.56. The average molecular weight is 301 g/mol. The molecule has 1 aromatic carbocycles. The average Bonchev–Trinajstić information content (AvgIpc) is 2.94. The van der Waals surface area contributed by atoms with Crippen molar-refractivity contribution in [3.8, 4) is 11.5 Å². The van der Waals surface area contributed by atoms with E-state index in [2.05, 4.69) is 10.3 Å². The van der Waals surface area contributed by atoms with Gasteiger partial charge in [-0.2, -0.15) is 0 Å². The summed E-state index contributed by atoms with van der Waals surface area (Å²) in [5.41, 5.74) is 2.30. The van der Waals surface area contributed by atoms with Crippen LogP contribution in [0.1, 0.15) is 18.5 Å². The molecule has 1 atom stereocenters. The van der Waals surface area contributed by atoms with E-state index < -0.39 is 6.10 Å². The van der Waals surface area contributed by atoms with Gasteiger partial charge in [-0.05, 0) is 38.0 Å². The van der Waals surface area contributed by atoms with E-state index in [0.29, 0.717) is 24.7 Å². The lowest BCUT2D eigenvalue weighted by molar-refractivity contribution is 0.0883. The van der Waals surface area contributed by atoms with Crippen LogP contribution in [0.3, 0.4) is 0 Å². The van der Waals surface area contributed by atoms with Crippen molar-refractivity contribution in [2.75, 3.05) is 18.4 Å². The van der Waals surface area contributed by atoms with Gasteiger partial charge in [-0.15, -0.1) is 0 Å². The Morgan fingerprint density at radius 1 is 1.50 bits per heavy atom. The molecule has 2 N–H and O–H groups in total. The van der Waals surface area contributed by atoms with Crippen LogP contribution >= 0.6 is 0 Å². The Balaban J connectivity index is 1.71. The first-order chi connectivity index (χ1) is 10.6. The number of nitrogens with zero attached hydrogens (tertiary/aromatic N) is 2. The number of rotatable bonds is 2. The van der Waals surface area contributed by atoms with Crippen LogP contribution in [0.15, 0.2) is 34.9 Å². The number of hydrogen-bond acceptors (Lipinski definition) is 4. The summed E-state index contributed by atoms with van der Waals surface area (Å²) in [4.78, 5) is 18.1. The predicted molar refractivity (Wildman–Crippen MR) is 82.5 cm³/mol. The van der Waals surface area contributed by atoms with E-state index in [0.717, 1.165) is 24.1 Å². The molecule has 0 bridgehead atoms. The first kappa shape index (κ1) is 14.6. The first-order valence-electron chi connectivity index (χ1n) is 7.38. The Bertz CT molecular complexity index is 668. The Labute approximate surface area is 128 Å². The molecule has 1 aliphatic heterocycles.